The maximum atomic E-state index is 2.84. The smallest absolute Gasteiger partial charge is 0.0136 e. The molecule has 0 spiro atoms. The molecule has 0 radical (unpaired) electrons. The van der Waals surface area contributed by atoms with Crippen LogP contribution in [0.1, 0.15) is 75.8 Å². The molecule has 0 saturated carbocycles. The Hall–Kier alpha value is -0.820. The molecular weight excluding hydrogens is 278 g/mol. The highest BCUT2D eigenvalue weighted by Gasteiger charge is 2.31. The maximum Gasteiger partial charge on any atom is 0.0136 e. The molecule has 3 aliphatic rings. The van der Waals surface area contributed by atoms with Crippen LogP contribution in [0.25, 0.3) is 0 Å². The van der Waals surface area contributed by atoms with E-state index in [-0.39, 0.29) is 0 Å². The molecule has 0 amide bonds. The van der Waals surface area contributed by atoms with Gasteiger partial charge in [0, 0.05) is 12.6 Å². The molecule has 1 aromatic rings. The van der Waals surface area contributed by atoms with Crippen LogP contribution in [0.4, 0.5) is 0 Å². The lowest BCUT2D eigenvalue weighted by molar-refractivity contribution is 0.0990. The van der Waals surface area contributed by atoms with Gasteiger partial charge < -0.3 is 0 Å². The molecule has 1 fully saturated rings. The van der Waals surface area contributed by atoms with Gasteiger partial charge in [0.05, 0.1) is 0 Å². The standard InChI is InChI=1S/C22H35N/c1-2-3-4-5-6-7-10-15-23-18-19-13-14-22(23)17-21-12-9-8-11-20(21)16-19/h8-9,11-12,19,22H,2-7,10,13-18H2,1H3/t19-,22+/m1/s1. The fraction of sp³-hybridized carbons (Fsp3) is 0.727. The van der Waals surface area contributed by atoms with Gasteiger partial charge >= 0.3 is 0 Å². The van der Waals surface area contributed by atoms with Crippen molar-refractivity contribution in [1.29, 1.82) is 0 Å². The van der Waals surface area contributed by atoms with E-state index < -0.39 is 0 Å². The van der Waals surface area contributed by atoms with Gasteiger partial charge in [0.15, 0.2) is 0 Å². The second kappa shape index (κ2) is 8.87. The van der Waals surface area contributed by atoms with Crippen molar-refractivity contribution < 1.29 is 0 Å². The Balaban J connectivity index is 1.47. The van der Waals surface area contributed by atoms with E-state index in [4.69, 9.17) is 0 Å². The molecule has 1 nitrogen and oxygen atoms in total. The van der Waals surface area contributed by atoms with Crippen LogP contribution >= 0.6 is 0 Å². The third-order valence-electron chi connectivity index (χ3n) is 6.05. The summed E-state index contributed by atoms with van der Waals surface area (Å²) in [6.07, 6.45) is 15.5. The van der Waals surface area contributed by atoms with Gasteiger partial charge in [-0.1, -0.05) is 69.7 Å². The average Bonchev–Trinajstić information content (AvgIpc) is 2.54. The summed E-state index contributed by atoms with van der Waals surface area (Å²) in [6, 6.07) is 10.0. The van der Waals surface area contributed by atoms with Crippen molar-refractivity contribution in [3.05, 3.63) is 35.4 Å². The highest BCUT2D eigenvalue weighted by Crippen LogP contribution is 2.32. The number of unbranched alkanes of at least 4 members (excludes halogenated alkanes) is 6. The molecule has 0 N–H and O–H groups in total. The van der Waals surface area contributed by atoms with E-state index in [2.05, 4.69) is 36.1 Å². The van der Waals surface area contributed by atoms with Gasteiger partial charge in [0.25, 0.3) is 0 Å². The Labute approximate surface area is 143 Å². The first kappa shape index (κ1) is 17.0. The molecule has 1 aliphatic carbocycles. The van der Waals surface area contributed by atoms with E-state index in [9.17, 15) is 0 Å². The first-order valence-corrected chi connectivity index (χ1v) is 10.2. The van der Waals surface area contributed by atoms with Gasteiger partial charge in [0.1, 0.15) is 0 Å². The Kier molecular flexibility index (Phi) is 6.56. The lowest BCUT2D eigenvalue weighted by Crippen LogP contribution is -2.46. The van der Waals surface area contributed by atoms with Crippen LogP contribution in [-0.2, 0) is 12.8 Å². The van der Waals surface area contributed by atoms with Crippen LogP contribution in [-0.4, -0.2) is 24.0 Å². The number of fused-ring (bicyclic) bond motifs is 2. The number of benzene rings is 1. The van der Waals surface area contributed by atoms with E-state index in [1.165, 1.54) is 83.7 Å². The molecule has 4 rings (SSSR count). The second-order valence-corrected chi connectivity index (χ2v) is 7.89. The Bertz CT molecular complexity index is 467. The van der Waals surface area contributed by atoms with Crippen LogP contribution in [0.2, 0.25) is 0 Å². The predicted octanol–water partition coefficient (Wildman–Crippen LogP) is 5.62. The monoisotopic (exact) mass is 313 g/mol. The number of nitrogens with zero attached hydrogens (tertiary/aromatic N) is 1. The summed E-state index contributed by atoms with van der Waals surface area (Å²) in [7, 11) is 0. The molecule has 2 heterocycles. The highest BCUT2D eigenvalue weighted by atomic mass is 15.2. The SMILES string of the molecule is CCCCCCCCCN1C[C@@H]2CC[C@H]1Cc1ccccc1C2. The van der Waals surface area contributed by atoms with Crippen LogP contribution in [0.5, 0.6) is 0 Å². The zero-order chi connectivity index (χ0) is 15.9. The second-order valence-electron chi connectivity index (χ2n) is 7.89. The van der Waals surface area contributed by atoms with E-state index in [1.54, 1.807) is 11.1 Å². The Morgan fingerprint density at radius 1 is 0.870 bits per heavy atom. The topological polar surface area (TPSA) is 3.24 Å². The van der Waals surface area contributed by atoms with Crippen LogP contribution in [0, 0.1) is 5.92 Å². The zero-order valence-electron chi connectivity index (χ0n) is 15.1. The zero-order valence-corrected chi connectivity index (χ0v) is 15.1. The minimum atomic E-state index is 0.813. The molecule has 1 heteroatoms. The van der Waals surface area contributed by atoms with Gasteiger partial charge in [-0.3, -0.25) is 4.90 Å². The van der Waals surface area contributed by atoms with E-state index in [1.807, 2.05) is 0 Å². The van der Waals surface area contributed by atoms with Gasteiger partial charge in [-0.15, -0.1) is 0 Å². The highest BCUT2D eigenvalue weighted by molar-refractivity contribution is 5.29. The molecular formula is C22H35N. The largest absolute Gasteiger partial charge is 0.300 e. The molecule has 0 aromatic heterocycles. The third-order valence-corrected chi connectivity index (χ3v) is 6.05. The van der Waals surface area contributed by atoms with E-state index in [0.717, 1.165) is 12.0 Å². The minimum Gasteiger partial charge on any atom is -0.300 e. The maximum absolute atomic E-state index is 2.84. The van der Waals surface area contributed by atoms with Gasteiger partial charge in [-0.25, -0.2) is 0 Å². The summed E-state index contributed by atoms with van der Waals surface area (Å²) in [5.41, 5.74) is 3.27. The number of hydrogen-bond donors (Lipinski definition) is 0. The summed E-state index contributed by atoms with van der Waals surface area (Å²) in [5, 5.41) is 0. The molecule has 2 atom stereocenters. The van der Waals surface area contributed by atoms with Crippen molar-refractivity contribution in [3.8, 4) is 0 Å². The van der Waals surface area contributed by atoms with E-state index in [0.29, 0.717) is 0 Å². The van der Waals surface area contributed by atoms with Crippen molar-refractivity contribution in [1.82, 2.24) is 4.90 Å². The average molecular weight is 314 g/mol. The van der Waals surface area contributed by atoms with Crippen LogP contribution in [0.15, 0.2) is 24.3 Å². The molecule has 0 unspecified atom stereocenters. The fourth-order valence-electron chi connectivity index (χ4n) is 4.65. The minimum absolute atomic E-state index is 0.813. The summed E-state index contributed by atoms with van der Waals surface area (Å²) < 4.78 is 0. The van der Waals surface area contributed by atoms with Gasteiger partial charge in [-0.2, -0.15) is 0 Å². The fourth-order valence-corrected chi connectivity index (χ4v) is 4.65. The normalized spacial score (nSPS) is 24.2. The number of piperidine rings is 1. The molecule has 23 heavy (non-hydrogen) atoms. The molecule has 2 aliphatic heterocycles. The quantitative estimate of drug-likeness (QED) is 0.563. The Morgan fingerprint density at radius 3 is 2.35 bits per heavy atom. The van der Waals surface area contributed by atoms with Crippen molar-refractivity contribution in [2.24, 2.45) is 5.92 Å². The van der Waals surface area contributed by atoms with E-state index >= 15 is 0 Å². The molecule has 1 aromatic carbocycles. The first-order valence-electron chi connectivity index (χ1n) is 10.2. The van der Waals surface area contributed by atoms with Crippen molar-refractivity contribution in [2.75, 3.05) is 13.1 Å². The Morgan fingerprint density at radius 2 is 1.57 bits per heavy atom. The van der Waals surface area contributed by atoms with Gasteiger partial charge in [-0.05, 0) is 55.7 Å². The van der Waals surface area contributed by atoms with Crippen LogP contribution < -0.4 is 0 Å². The first-order chi connectivity index (χ1) is 11.4. The number of hydrogen-bond acceptors (Lipinski definition) is 1. The molecule has 2 bridgehead atoms. The predicted molar refractivity (Wildman–Crippen MR) is 99.9 cm³/mol. The summed E-state index contributed by atoms with van der Waals surface area (Å²) in [6.45, 7) is 5.00. The molecule has 128 valence electrons. The van der Waals surface area contributed by atoms with Crippen molar-refractivity contribution in [2.45, 2.75) is 83.6 Å². The lowest BCUT2D eigenvalue weighted by Gasteiger charge is -2.42. The third kappa shape index (κ3) is 4.83. The van der Waals surface area contributed by atoms with Crippen molar-refractivity contribution >= 4 is 0 Å². The summed E-state index contributed by atoms with van der Waals surface area (Å²) in [5.74, 6) is 0.900. The van der Waals surface area contributed by atoms with Gasteiger partial charge in [0.2, 0.25) is 0 Å². The number of rotatable bonds is 8. The summed E-state index contributed by atoms with van der Waals surface area (Å²) in [4.78, 5) is 2.84. The summed E-state index contributed by atoms with van der Waals surface area (Å²) >= 11 is 0. The molecule has 1 saturated heterocycles. The van der Waals surface area contributed by atoms with Crippen LogP contribution in [0.3, 0.4) is 0 Å². The van der Waals surface area contributed by atoms with Crippen molar-refractivity contribution in [3.63, 3.8) is 0 Å². The lowest BCUT2D eigenvalue weighted by atomic mass is 9.80.